The van der Waals surface area contributed by atoms with E-state index in [1.54, 1.807) is 13.8 Å². The number of aliphatic hydroxyl groups is 1. The van der Waals surface area contributed by atoms with Crippen molar-refractivity contribution in [1.29, 1.82) is 0 Å². The Morgan fingerprint density at radius 3 is 2.18 bits per heavy atom. The molecule has 1 N–H and O–H groups in total. The molecule has 5 heteroatoms. The Labute approximate surface area is 197 Å². The Kier molecular flexibility index (Phi) is 6.88. The van der Waals surface area contributed by atoms with Gasteiger partial charge in [0.25, 0.3) is 0 Å². The van der Waals surface area contributed by atoms with E-state index in [1.165, 1.54) is 0 Å². The number of Topliss-reactive ketones (excluding diaryl/α,β-unsaturated/α-hetero) is 1. The van der Waals surface area contributed by atoms with E-state index in [1.807, 2.05) is 95.4 Å². The highest BCUT2D eigenvalue weighted by atomic mass is 16.6. The summed E-state index contributed by atoms with van der Waals surface area (Å²) in [5.41, 5.74) is -0.784. The molecular formula is C28H36O5. The van der Waals surface area contributed by atoms with E-state index < -0.39 is 28.5 Å². The number of rotatable bonds is 6. The van der Waals surface area contributed by atoms with Crippen molar-refractivity contribution in [3.63, 3.8) is 0 Å². The number of fused-ring (bicyclic) bond motifs is 2. The number of hydrogen-bond donors (Lipinski definition) is 1. The molecule has 178 valence electrons. The normalized spacial score (nSPS) is 41.8. The topological polar surface area (TPSA) is 72.8 Å². The van der Waals surface area contributed by atoms with E-state index in [0.29, 0.717) is 0 Å². The number of hydrogen-bond acceptors (Lipinski definition) is 5. The zero-order valence-corrected chi connectivity index (χ0v) is 20.7. The fraction of sp³-hybridized carbons (Fsp3) is 0.500. The minimum Gasteiger partial charge on any atom is -0.460 e. The van der Waals surface area contributed by atoms with Crippen molar-refractivity contribution in [2.45, 2.75) is 72.4 Å². The standard InChI is InChI=1S/C28H36O5/c1-18(23-27(6,31)17-19(2)21(4)32-23)15-13-11-9-8-10-12-14-16-26(5)24-20(3)22(29)28(26,7)25(30)33-24/h8-17,20-21,23-24,31H,1-7H3/b9-8+,12-10+,13-11+,16-14+,18-15+/t20-,21+,23+,24-,26+,27+,28-/m0/s1. The van der Waals surface area contributed by atoms with Gasteiger partial charge in [-0.2, -0.15) is 0 Å². The maximum Gasteiger partial charge on any atom is 0.320 e. The van der Waals surface area contributed by atoms with Crippen LogP contribution in [0.4, 0.5) is 0 Å². The zero-order chi connectivity index (χ0) is 24.6. The summed E-state index contributed by atoms with van der Waals surface area (Å²) in [4.78, 5) is 24.8. The summed E-state index contributed by atoms with van der Waals surface area (Å²) in [6, 6.07) is 0. The number of allylic oxidation sites excluding steroid dienone is 8. The first-order valence-electron chi connectivity index (χ1n) is 11.5. The molecule has 3 aliphatic rings. The van der Waals surface area contributed by atoms with Gasteiger partial charge in [0.05, 0.1) is 12.0 Å². The second-order valence-electron chi connectivity index (χ2n) is 10.1. The molecule has 1 saturated heterocycles. The molecule has 33 heavy (non-hydrogen) atoms. The van der Waals surface area contributed by atoms with Gasteiger partial charge in [-0.1, -0.05) is 68.5 Å². The van der Waals surface area contributed by atoms with Gasteiger partial charge >= 0.3 is 5.97 Å². The van der Waals surface area contributed by atoms with Crippen LogP contribution in [0, 0.1) is 16.7 Å². The van der Waals surface area contributed by atoms with Gasteiger partial charge in [0.2, 0.25) is 0 Å². The molecule has 1 aliphatic carbocycles. The van der Waals surface area contributed by atoms with E-state index in [0.717, 1.165) is 11.1 Å². The molecule has 0 aromatic carbocycles. The van der Waals surface area contributed by atoms with Gasteiger partial charge in [-0.15, -0.1) is 0 Å². The molecule has 0 radical (unpaired) electrons. The third kappa shape index (κ3) is 4.24. The van der Waals surface area contributed by atoms with Gasteiger partial charge in [0, 0.05) is 5.41 Å². The smallest absolute Gasteiger partial charge is 0.320 e. The van der Waals surface area contributed by atoms with Crippen LogP contribution < -0.4 is 0 Å². The summed E-state index contributed by atoms with van der Waals surface area (Å²) >= 11 is 0. The molecule has 0 aromatic rings. The van der Waals surface area contributed by atoms with Crippen LogP contribution in [-0.4, -0.2) is 40.8 Å². The van der Waals surface area contributed by atoms with Gasteiger partial charge in [-0.05, 0) is 51.8 Å². The quantitative estimate of drug-likeness (QED) is 0.271. The molecule has 0 unspecified atom stereocenters. The highest BCUT2D eigenvalue weighted by molar-refractivity contribution is 6.10. The predicted molar refractivity (Wildman–Crippen MR) is 129 cm³/mol. The lowest BCUT2D eigenvalue weighted by molar-refractivity contribution is -0.161. The average Bonchev–Trinajstić information content (AvgIpc) is 3.02. The maximum atomic E-state index is 12.6. The Balaban J connectivity index is 1.57. The second kappa shape index (κ2) is 9.03. The van der Waals surface area contributed by atoms with Crippen molar-refractivity contribution in [3.8, 4) is 0 Å². The molecule has 2 heterocycles. The minimum absolute atomic E-state index is 0.0177. The number of ketones is 1. The van der Waals surface area contributed by atoms with Gasteiger partial charge in [0.1, 0.15) is 23.2 Å². The van der Waals surface area contributed by atoms with Crippen LogP contribution in [0.2, 0.25) is 0 Å². The molecule has 0 amide bonds. The zero-order valence-electron chi connectivity index (χ0n) is 20.7. The molecule has 3 rings (SSSR count). The molecule has 0 aromatic heterocycles. The number of carbonyl (C=O) groups excluding carboxylic acids is 2. The Morgan fingerprint density at radius 1 is 1.00 bits per heavy atom. The molecule has 2 bridgehead atoms. The molecular weight excluding hydrogens is 416 g/mol. The third-order valence-corrected chi connectivity index (χ3v) is 7.59. The maximum absolute atomic E-state index is 12.6. The van der Waals surface area contributed by atoms with Gasteiger partial charge in [-0.3, -0.25) is 9.59 Å². The SMILES string of the molecule is CC1=C[C@@](C)(O)[C@@H](/C(C)=C/C=C/C=C/C=C/C=C/[C@]2(C)[C@H]3OC(=O)[C@]2(C)C(=O)[C@@H]3C)O[C@@H]1C. The highest BCUT2D eigenvalue weighted by Gasteiger charge is 2.73. The average molecular weight is 453 g/mol. The van der Waals surface area contributed by atoms with Crippen molar-refractivity contribution in [2.75, 3.05) is 0 Å². The Hall–Kier alpha value is -2.50. The first kappa shape index (κ1) is 25.1. The largest absolute Gasteiger partial charge is 0.460 e. The summed E-state index contributed by atoms with van der Waals surface area (Å²) in [5.74, 6) is -0.728. The summed E-state index contributed by atoms with van der Waals surface area (Å²) in [5, 5.41) is 10.7. The summed E-state index contributed by atoms with van der Waals surface area (Å²) < 4.78 is 11.5. The lowest BCUT2D eigenvalue weighted by Crippen LogP contribution is -2.46. The van der Waals surface area contributed by atoms with Crippen LogP contribution in [-0.2, 0) is 19.1 Å². The molecule has 1 saturated carbocycles. The Bertz CT molecular complexity index is 992. The minimum atomic E-state index is -1.11. The lowest BCUT2D eigenvalue weighted by Gasteiger charge is -2.38. The third-order valence-electron chi connectivity index (χ3n) is 7.59. The van der Waals surface area contributed by atoms with E-state index in [9.17, 15) is 14.7 Å². The molecule has 5 nitrogen and oxygen atoms in total. The first-order valence-corrected chi connectivity index (χ1v) is 11.5. The van der Waals surface area contributed by atoms with E-state index >= 15 is 0 Å². The highest BCUT2D eigenvalue weighted by Crippen LogP contribution is 2.60. The van der Waals surface area contributed by atoms with Crippen LogP contribution in [0.3, 0.4) is 0 Å². The van der Waals surface area contributed by atoms with Crippen molar-refractivity contribution >= 4 is 11.8 Å². The van der Waals surface area contributed by atoms with Crippen molar-refractivity contribution in [1.82, 2.24) is 0 Å². The van der Waals surface area contributed by atoms with Crippen LogP contribution >= 0.6 is 0 Å². The van der Waals surface area contributed by atoms with Crippen molar-refractivity contribution in [3.05, 3.63) is 71.9 Å². The first-order chi connectivity index (χ1) is 15.4. The lowest BCUT2D eigenvalue weighted by atomic mass is 9.68. The number of ether oxygens (including phenoxy) is 2. The number of esters is 1. The van der Waals surface area contributed by atoms with Crippen molar-refractivity contribution < 1.29 is 24.2 Å². The second-order valence-corrected chi connectivity index (χ2v) is 10.1. The molecule has 2 fully saturated rings. The molecule has 2 aliphatic heterocycles. The van der Waals surface area contributed by atoms with Crippen LogP contribution in [0.25, 0.3) is 0 Å². The predicted octanol–water partition coefficient (Wildman–Crippen LogP) is 4.80. The summed E-state index contributed by atoms with van der Waals surface area (Å²) in [6.45, 7) is 13.1. The van der Waals surface area contributed by atoms with Crippen LogP contribution in [0.5, 0.6) is 0 Å². The van der Waals surface area contributed by atoms with Gasteiger partial charge in [-0.25, -0.2) is 0 Å². The van der Waals surface area contributed by atoms with Gasteiger partial charge in [0.15, 0.2) is 5.78 Å². The van der Waals surface area contributed by atoms with E-state index in [4.69, 9.17) is 9.47 Å². The monoisotopic (exact) mass is 452 g/mol. The summed E-state index contributed by atoms with van der Waals surface area (Å²) in [7, 11) is 0. The van der Waals surface area contributed by atoms with E-state index in [2.05, 4.69) is 0 Å². The van der Waals surface area contributed by atoms with Crippen LogP contribution in [0.15, 0.2) is 71.9 Å². The fourth-order valence-corrected chi connectivity index (χ4v) is 5.24. The molecule has 0 spiro atoms. The van der Waals surface area contributed by atoms with Crippen molar-refractivity contribution in [2.24, 2.45) is 16.7 Å². The fourth-order valence-electron chi connectivity index (χ4n) is 5.24. The molecule has 7 atom stereocenters. The number of carbonyl (C=O) groups is 2. The van der Waals surface area contributed by atoms with Crippen LogP contribution in [0.1, 0.15) is 48.5 Å². The Morgan fingerprint density at radius 2 is 1.58 bits per heavy atom. The summed E-state index contributed by atoms with van der Waals surface area (Å²) in [6.07, 6.45) is 18.2. The van der Waals surface area contributed by atoms with Gasteiger partial charge < -0.3 is 14.6 Å². The van der Waals surface area contributed by atoms with E-state index in [-0.39, 0.29) is 23.9 Å².